The Hall–Kier alpha value is -3.00. The maximum atomic E-state index is 12.7. The number of rotatable bonds is 6. The smallest absolute Gasteiger partial charge is 0.264 e. The Labute approximate surface area is 145 Å². The van der Waals surface area contributed by atoms with Gasteiger partial charge in [-0.05, 0) is 17.7 Å². The van der Waals surface area contributed by atoms with Crippen LogP contribution in [0.25, 0.3) is 11.1 Å². The Morgan fingerprint density at radius 3 is 2.40 bits per heavy atom. The molecule has 1 N–H and O–H groups in total. The van der Waals surface area contributed by atoms with Gasteiger partial charge in [0.2, 0.25) is 5.88 Å². The van der Waals surface area contributed by atoms with Crippen LogP contribution < -0.4 is 14.2 Å². The van der Waals surface area contributed by atoms with Crippen LogP contribution in [0.1, 0.15) is 0 Å². The first kappa shape index (κ1) is 16.8. The van der Waals surface area contributed by atoms with Crippen molar-refractivity contribution in [1.29, 1.82) is 0 Å². The van der Waals surface area contributed by atoms with Gasteiger partial charge in [0.15, 0.2) is 11.5 Å². The number of methoxy groups -OCH3 is 2. The highest BCUT2D eigenvalue weighted by molar-refractivity contribution is 7.92. The highest BCUT2D eigenvalue weighted by atomic mass is 32.2. The van der Waals surface area contributed by atoms with Crippen molar-refractivity contribution in [2.24, 2.45) is 0 Å². The number of nitrogens with zero attached hydrogens (tertiary/aromatic N) is 1. The van der Waals surface area contributed by atoms with E-state index >= 15 is 0 Å². The average molecular weight is 360 g/mol. The minimum Gasteiger partial charge on any atom is -0.493 e. The Balaban J connectivity index is 1.95. The van der Waals surface area contributed by atoms with Crippen molar-refractivity contribution in [3.63, 3.8) is 0 Å². The number of nitrogens with one attached hydrogen (secondary N) is 1. The van der Waals surface area contributed by atoms with Gasteiger partial charge in [-0.25, -0.2) is 13.1 Å². The van der Waals surface area contributed by atoms with Gasteiger partial charge in [-0.2, -0.15) is 0 Å². The third-order valence-electron chi connectivity index (χ3n) is 3.55. The zero-order valence-corrected chi connectivity index (χ0v) is 14.4. The van der Waals surface area contributed by atoms with Crippen molar-refractivity contribution in [2.45, 2.75) is 4.90 Å². The molecular formula is C17H16N2O5S. The lowest BCUT2D eigenvalue weighted by molar-refractivity contribution is 0.354. The Morgan fingerprint density at radius 2 is 1.72 bits per heavy atom. The Bertz CT molecular complexity index is 968. The van der Waals surface area contributed by atoms with Crippen LogP contribution in [-0.4, -0.2) is 27.8 Å². The SMILES string of the molecule is COc1ccc(S(=O)(=O)Nc2oncc2-c2ccccc2)cc1OC. The Kier molecular flexibility index (Phi) is 4.62. The van der Waals surface area contributed by atoms with E-state index in [-0.39, 0.29) is 10.8 Å². The summed E-state index contributed by atoms with van der Waals surface area (Å²) < 4.78 is 43.1. The number of sulfonamides is 1. The maximum Gasteiger partial charge on any atom is 0.264 e. The molecule has 1 aromatic heterocycles. The van der Waals surface area contributed by atoms with Gasteiger partial charge in [0.1, 0.15) is 0 Å². The van der Waals surface area contributed by atoms with Gasteiger partial charge < -0.3 is 14.0 Å². The molecule has 7 nitrogen and oxygen atoms in total. The summed E-state index contributed by atoms with van der Waals surface area (Å²) in [5, 5.41) is 3.69. The number of anilines is 1. The highest BCUT2D eigenvalue weighted by Crippen LogP contribution is 2.32. The van der Waals surface area contributed by atoms with E-state index in [0.717, 1.165) is 5.56 Å². The molecule has 0 saturated carbocycles. The normalized spacial score (nSPS) is 11.1. The lowest BCUT2D eigenvalue weighted by Gasteiger charge is -2.11. The van der Waals surface area contributed by atoms with Crippen molar-refractivity contribution in [3.05, 3.63) is 54.7 Å². The van der Waals surface area contributed by atoms with Gasteiger partial charge in [0.25, 0.3) is 10.0 Å². The van der Waals surface area contributed by atoms with Crippen LogP contribution in [0, 0.1) is 0 Å². The average Bonchev–Trinajstić information content (AvgIpc) is 3.09. The van der Waals surface area contributed by atoms with Gasteiger partial charge in [0, 0.05) is 6.07 Å². The number of benzene rings is 2. The quantitative estimate of drug-likeness (QED) is 0.726. The van der Waals surface area contributed by atoms with Crippen LogP contribution in [0.4, 0.5) is 5.88 Å². The number of hydrogen-bond donors (Lipinski definition) is 1. The molecule has 0 spiro atoms. The summed E-state index contributed by atoms with van der Waals surface area (Å²) in [6.07, 6.45) is 1.46. The fourth-order valence-electron chi connectivity index (χ4n) is 2.30. The van der Waals surface area contributed by atoms with E-state index in [2.05, 4.69) is 9.88 Å². The van der Waals surface area contributed by atoms with Crippen molar-refractivity contribution < 1.29 is 22.4 Å². The molecule has 0 unspecified atom stereocenters. The van der Waals surface area contributed by atoms with Crippen LogP contribution in [0.3, 0.4) is 0 Å². The molecule has 1 heterocycles. The second-order valence-electron chi connectivity index (χ2n) is 5.06. The van der Waals surface area contributed by atoms with Gasteiger partial charge in [0.05, 0.1) is 30.9 Å². The summed E-state index contributed by atoms with van der Waals surface area (Å²) in [6, 6.07) is 13.5. The van der Waals surface area contributed by atoms with E-state index in [1.54, 1.807) is 0 Å². The topological polar surface area (TPSA) is 90.7 Å². The molecule has 0 saturated heterocycles. The van der Waals surface area contributed by atoms with Crippen molar-refractivity contribution in [1.82, 2.24) is 5.16 Å². The molecule has 3 aromatic rings. The molecule has 3 rings (SSSR count). The van der Waals surface area contributed by atoms with Crippen LogP contribution in [-0.2, 0) is 10.0 Å². The molecule has 0 aliphatic carbocycles. The predicted molar refractivity (Wildman–Crippen MR) is 92.3 cm³/mol. The molecule has 0 aliphatic heterocycles. The molecule has 0 atom stereocenters. The monoisotopic (exact) mass is 360 g/mol. The fraction of sp³-hybridized carbons (Fsp3) is 0.118. The van der Waals surface area contributed by atoms with E-state index in [9.17, 15) is 8.42 Å². The van der Waals surface area contributed by atoms with Gasteiger partial charge in [-0.15, -0.1) is 0 Å². The second kappa shape index (κ2) is 6.86. The molecule has 8 heteroatoms. The Morgan fingerprint density at radius 1 is 1.00 bits per heavy atom. The predicted octanol–water partition coefficient (Wildman–Crippen LogP) is 3.16. The largest absolute Gasteiger partial charge is 0.493 e. The third kappa shape index (κ3) is 3.43. The molecule has 0 amide bonds. The summed E-state index contributed by atoms with van der Waals surface area (Å²) in [5.74, 6) is 0.790. The molecule has 0 fully saturated rings. The first-order chi connectivity index (χ1) is 12.0. The van der Waals surface area contributed by atoms with Crippen LogP contribution in [0.2, 0.25) is 0 Å². The van der Waals surface area contributed by atoms with Gasteiger partial charge in [-0.1, -0.05) is 35.5 Å². The third-order valence-corrected chi connectivity index (χ3v) is 4.88. The highest BCUT2D eigenvalue weighted by Gasteiger charge is 2.21. The lowest BCUT2D eigenvalue weighted by Crippen LogP contribution is -2.13. The molecule has 0 bridgehead atoms. The summed E-state index contributed by atoms with van der Waals surface area (Å²) in [7, 11) is -0.977. The molecule has 0 aliphatic rings. The van der Waals surface area contributed by atoms with Gasteiger partial charge >= 0.3 is 0 Å². The van der Waals surface area contributed by atoms with E-state index in [1.165, 1.54) is 38.6 Å². The standard InChI is InChI=1S/C17H16N2O5S/c1-22-15-9-8-13(10-16(15)23-2)25(20,21)19-17-14(11-18-24-17)12-6-4-3-5-7-12/h3-11,19H,1-2H3. The van der Waals surface area contributed by atoms with Crippen molar-refractivity contribution in [2.75, 3.05) is 18.9 Å². The van der Waals surface area contributed by atoms with Crippen molar-refractivity contribution >= 4 is 15.9 Å². The molecule has 0 radical (unpaired) electrons. The first-order valence-electron chi connectivity index (χ1n) is 7.30. The molecular weight excluding hydrogens is 344 g/mol. The molecule has 130 valence electrons. The maximum absolute atomic E-state index is 12.7. The van der Waals surface area contributed by atoms with Crippen LogP contribution in [0.5, 0.6) is 11.5 Å². The van der Waals surface area contributed by atoms with E-state index < -0.39 is 10.0 Å². The first-order valence-corrected chi connectivity index (χ1v) is 8.78. The van der Waals surface area contributed by atoms with Gasteiger partial charge in [-0.3, -0.25) is 0 Å². The second-order valence-corrected chi connectivity index (χ2v) is 6.74. The summed E-state index contributed by atoms with van der Waals surface area (Å²) in [5.41, 5.74) is 1.33. The minimum atomic E-state index is -3.89. The van der Waals surface area contributed by atoms with E-state index in [1.807, 2.05) is 30.3 Å². The summed E-state index contributed by atoms with van der Waals surface area (Å²) in [4.78, 5) is 0.0144. The number of hydrogen-bond acceptors (Lipinski definition) is 6. The zero-order chi connectivity index (χ0) is 17.9. The fourth-order valence-corrected chi connectivity index (χ4v) is 3.32. The van der Waals surface area contributed by atoms with Crippen LogP contribution >= 0.6 is 0 Å². The summed E-state index contributed by atoms with van der Waals surface area (Å²) in [6.45, 7) is 0. The van der Waals surface area contributed by atoms with Crippen molar-refractivity contribution in [3.8, 4) is 22.6 Å². The lowest BCUT2D eigenvalue weighted by atomic mass is 10.1. The molecule has 2 aromatic carbocycles. The number of ether oxygens (including phenoxy) is 2. The molecule has 25 heavy (non-hydrogen) atoms. The van der Waals surface area contributed by atoms with E-state index in [4.69, 9.17) is 14.0 Å². The van der Waals surface area contributed by atoms with Crippen LogP contribution in [0.15, 0.2) is 64.1 Å². The minimum absolute atomic E-state index is 0.0144. The zero-order valence-electron chi connectivity index (χ0n) is 13.6. The summed E-state index contributed by atoms with van der Waals surface area (Å²) >= 11 is 0. The van der Waals surface area contributed by atoms with E-state index in [0.29, 0.717) is 17.1 Å². The number of aromatic nitrogens is 1.